The van der Waals surface area contributed by atoms with Crippen LogP contribution < -0.4 is 0 Å². The van der Waals surface area contributed by atoms with Gasteiger partial charge in [0, 0.05) is 13.7 Å². The van der Waals surface area contributed by atoms with E-state index in [1.807, 2.05) is 31.2 Å². The highest BCUT2D eigenvalue weighted by molar-refractivity contribution is 5.83. The predicted octanol–water partition coefficient (Wildman–Crippen LogP) is 2.01. The highest BCUT2D eigenvalue weighted by atomic mass is 16.5. The molecule has 1 fully saturated rings. The van der Waals surface area contributed by atoms with Crippen LogP contribution in [-0.4, -0.2) is 42.1 Å². The Labute approximate surface area is 124 Å². The van der Waals surface area contributed by atoms with Crippen molar-refractivity contribution in [3.05, 3.63) is 35.4 Å². The normalized spacial score (nSPS) is 21.8. The van der Waals surface area contributed by atoms with Crippen LogP contribution in [-0.2, 0) is 14.3 Å². The number of amides is 1. The first kappa shape index (κ1) is 15.5. The van der Waals surface area contributed by atoms with E-state index in [9.17, 15) is 9.59 Å². The van der Waals surface area contributed by atoms with Gasteiger partial charge in [0.05, 0.1) is 12.0 Å². The third kappa shape index (κ3) is 3.82. The third-order valence-electron chi connectivity index (χ3n) is 3.79. The predicted molar refractivity (Wildman–Crippen MR) is 77.9 cm³/mol. The number of ether oxygens (including phenoxy) is 1. The number of carbonyl (C=O) groups excluding carboxylic acids is 1. The van der Waals surface area contributed by atoms with Crippen LogP contribution >= 0.6 is 0 Å². The van der Waals surface area contributed by atoms with Crippen molar-refractivity contribution in [1.29, 1.82) is 0 Å². The topological polar surface area (TPSA) is 66.8 Å². The molecule has 1 aromatic rings. The molecule has 114 valence electrons. The maximum absolute atomic E-state index is 12.5. The van der Waals surface area contributed by atoms with Crippen LogP contribution in [0.15, 0.2) is 24.3 Å². The first-order valence-corrected chi connectivity index (χ1v) is 7.14. The summed E-state index contributed by atoms with van der Waals surface area (Å²) in [6, 6.07) is 7.94. The van der Waals surface area contributed by atoms with E-state index < -0.39 is 5.97 Å². The van der Waals surface area contributed by atoms with Crippen LogP contribution in [0.25, 0.3) is 0 Å². The highest BCUT2D eigenvalue weighted by Gasteiger charge is 2.35. The molecular formula is C16H21NO4. The molecule has 0 spiro atoms. The summed E-state index contributed by atoms with van der Waals surface area (Å²) in [5, 5.41) is 8.82. The molecule has 1 amide bonds. The van der Waals surface area contributed by atoms with Crippen molar-refractivity contribution in [2.45, 2.75) is 25.9 Å². The van der Waals surface area contributed by atoms with Crippen molar-refractivity contribution in [1.82, 2.24) is 4.90 Å². The quantitative estimate of drug-likeness (QED) is 0.921. The summed E-state index contributed by atoms with van der Waals surface area (Å²) in [7, 11) is 1.53. The lowest BCUT2D eigenvalue weighted by Crippen LogP contribution is -2.41. The van der Waals surface area contributed by atoms with E-state index in [1.54, 1.807) is 0 Å². The van der Waals surface area contributed by atoms with E-state index in [4.69, 9.17) is 9.84 Å². The zero-order chi connectivity index (χ0) is 15.4. The molecule has 0 saturated carbocycles. The smallest absolute Gasteiger partial charge is 0.323 e. The van der Waals surface area contributed by atoms with Gasteiger partial charge in [-0.2, -0.15) is 0 Å². The number of carboxylic acids is 1. The summed E-state index contributed by atoms with van der Waals surface area (Å²) in [5.41, 5.74) is 2.13. The maximum atomic E-state index is 12.5. The zero-order valence-electron chi connectivity index (χ0n) is 12.4. The highest BCUT2D eigenvalue weighted by Crippen LogP contribution is 2.34. The average molecular weight is 291 g/mol. The Morgan fingerprint density at radius 2 is 2.00 bits per heavy atom. The van der Waals surface area contributed by atoms with Crippen LogP contribution in [0.3, 0.4) is 0 Å². The molecule has 2 atom stereocenters. The van der Waals surface area contributed by atoms with Gasteiger partial charge in [0.25, 0.3) is 0 Å². The lowest BCUT2D eigenvalue weighted by molar-refractivity contribution is -0.150. The van der Waals surface area contributed by atoms with Gasteiger partial charge in [0.2, 0.25) is 5.91 Å². The summed E-state index contributed by atoms with van der Waals surface area (Å²) in [4.78, 5) is 24.5. The Morgan fingerprint density at radius 1 is 1.33 bits per heavy atom. The lowest BCUT2D eigenvalue weighted by atomic mass is 9.88. The first-order chi connectivity index (χ1) is 9.99. The molecule has 0 radical (unpaired) electrons. The molecular weight excluding hydrogens is 270 g/mol. The minimum atomic E-state index is -1.01. The van der Waals surface area contributed by atoms with E-state index in [0.717, 1.165) is 24.0 Å². The van der Waals surface area contributed by atoms with Crippen molar-refractivity contribution in [3.63, 3.8) is 0 Å². The summed E-state index contributed by atoms with van der Waals surface area (Å²) >= 11 is 0. The van der Waals surface area contributed by atoms with Crippen molar-refractivity contribution in [2.75, 3.05) is 20.2 Å². The molecule has 0 unspecified atom stereocenters. The Bertz CT molecular complexity index is 512. The van der Waals surface area contributed by atoms with Crippen molar-refractivity contribution in [3.8, 4) is 0 Å². The third-order valence-corrected chi connectivity index (χ3v) is 3.79. The molecule has 5 heteroatoms. The molecule has 1 aromatic carbocycles. The molecule has 1 aliphatic rings. The van der Waals surface area contributed by atoms with E-state index in [-0.39, 0.29) is 24.5 Å². The van der Waals surface area contributed by atoms with Gasteiger partial charge in [0.15, 0.2) is 0 Å². The standard InChI is InChI=1S/C16H21NO4/c1-11-5-7-12(8-6-11)15-13(4-3-9-21-15)16(20)17(2)10-14(18)19/h5-8,13,15H,3-4,9-10H2,1-2H3,(H,18,19)/t13-,15+/m1/s1. The molecule has 0 bridgehead atoms. The Kier molecular flexibility index (Phi) is 4.96. The lowest BCUT2D eigenvalue weighted by Gasteiger charge is -2.33. The monoisotopic (exact) mass is 291 g/mol. The Hall–Kier alpha value is -1.88. The van der Waals surface area contributed by atoms with E-state index in [1.165, 1.54) is 11.9 Å². The number of benzene rings is 1. The summed E-state index contributed by atoms with van der Waals surface area (Å²) in [6.45, 7) is 2.36. The van der Waals surface area contributed by atoms with E-state index >= 15 is 0 Å². The van der Waals surface area contributed by atoms with Gasteiger partial charge >= 0.3 is 5.97 Å². The first-order valence-electron chi connectivity index (χ1n) is 7.14. The fourth-order valence-electron chi connectivity index (χ4n) is 2.68. The van der Waals surface area contributed by atoms with Crippen LogP contribution in [0.4, 0.5) is 0 Å². The number of hydrogen-bond acceptors (Lipinski definition) is 3. The van der Waals surface area contributed by atoms with Gasteiger partial charge in [-0.05, 0) is 25.3 Å². The molecule has 0 aromatic heterocycles. The SMILES string of the molecule is Cc1ccc([C@@H]2OCCC[C@H]2C(=O)N(C)CC(=O)O)cc1. The van der Waals surface area contributed by atoms with Crippen molar-refractivity contribution in [2.24, 2.45) is 5.92 Å². The van der Waals surface area contributed by atoms with Crippen molar-refractivity contribution < 1.29 is 19.4 Å². The second-order valence-electron chi connectivity index (χ2n) is 5.54. The number of carbonyl (C=O) groups is 2. The van der Waals surface area contributed by atoms with Crippen LogP contribution in [0.5, 0.6) is 0 Å². The van der Waals surface area contributed by atoms with Crippen LogP contribution in [0, 0.1) is 12.8 Å². The average Bonchev–Trinajstić information content (AvgIpc) is 2.46. The van der Waals surface area contributed by atoms with Crippen molar-refractivity contribution >= 4 is 11.9 Å². The van der Waals surface area contributed by atoms with Gasteiger partial charge in [-0.1, -0.05) is 29.8 Å². The largest absolute Gasteiger partial charge is 0.480 e. The summed E-state index contributed by atoms with van der Waals surface area (Å²) < 4.78 is 5.80. The zero-order valence-corrected chi connectivity index (χ0v) is 12.4. The van der Waals surface area contributed by atoms with Gasteiger partial charge in [-0.3, -0.25) is 9.59 Å². The number of likely N-dealkylation sites (N-methyl/N-ethyl adjacent to an activating group) is 1. The number of aryl methyl sites for hydroxylation is 1. The molecule has 0 aliphatic carbocycles. The molecule has 1 heterocycles. The second-order valence-corrected chi connectivity index (χ2v) is 5.54. The molecule has 1 N–H and O–H groups in total. The number of aliphatic carboxylic acids is 1. The fourth-order valence-corrected chi connectivity index (χ4v) is 2.68. The molecule has 1 aliphatic heterocycles. The minimum absolute atomic E-state index is 0.164. The summed E-state index contributed by atoms with van der Waals surface area (Å²) in [5.74, 6) is -1.48. The minimum Gasteiger partial charge on any atom is -0.480 e. The molecule has 21 heavy (non-hydrogen) atoms. The summed E-state index contributed by atoms with van der Waals surface area (Å²) in [6.07, 6.45) is 1.25. The van der Waals surface area contributed by atoms with Crippen LogP contribution in [0.2, 0.25) is 0 Å². The number of rotatable bonds is 4. The van der Waals surface area contributed by atoms with Crippen LogP contribution in [0.1, 0.15) is 30.1 Å². The number of nitrogens with zero attached hydrogens (tertiary/aromatic N) is 1. The fraction of sp³-hybridized carbons (Fsp3) is 0.500. The van der Waals surface area contributed by atoms with Gasteiger partial charge in [-0.15, -0.1) is 0 Å². The molecule has 5 nitrogen and oxygen atoms in total. The van der Waals surface area contributed by atoms with Gasteiger partial charge < -0.3 is 14.7 Å². The second kappa shape index (κ2) is 6.72. The van der Waals surface area contributed by atoms with Gasteiger partial charge in [-0.25, -0.2) is 0 Å². The van der Waals surface area contributed by atoms with Gasteiger partial charge in [0.1, 0.15) is 6.54 Å². The number of carboxylic acid groups (broad SMARTS) is 1. The van der Waals surface area contributed by atoms with E-state index in [2.05, 4.69) is 0 Å². The van der Waals surface area contributed by atoms with E-state index in [0.29, 0.717) is 6.61 Å². The Morgan fingerprint density at radius 3 is 2.62 bits per heavy atom. The molecule has 2 rings (SSSR count). The Balaban J connectivity index is 2.16. The number of hydrogen-bond donors (Lipinski definition) is 1. The maximum Gasteiger partial charge on any atom is 0.323 e. The molecule has 1 saturated heterocycles.